The first-order valence-corrected chi connectivity index (χ1v) is 13.1. The minimum atomic E-state index is -4.63. The molecule has 0 amide bonds. The van der Waals surface area contributed by atoms with Gasteiger partial charge in [-0.15, -0.1) is 13.2 Å². The van der Waals surface area contributed by atoms with Gasteiger partial charge in [0, 0.05) is 5.02 Å². The molecule has 8 heteroatoms. The summed E-state index contributed by atoms with van der Waals surface area (Å²) in [7, 11) is 0. The Morgan fingerprint density at radius 2 is 0.875 bits per heavy atom. The predicted molar refractivity (Wildman–Crippen MR) is 152 cm³/mol. The zero-order chi connectivity index (χ0) is 31.2. The maximum Gasteiger partial charge on any atom is 0.573 e. The molecule has 0 saturated carbocycles. The minimum Gasteiger partial charge on any atom is -0.406 e. The largest absolute Gasteiger partial charge is 0.573 e. The van der Waals surface area contributed by atoms with E-state index >= 15 is 0 Å². The van der Waals surface area contributed by atoms with Crippen LogP contribution in [0.15, 0.2) is 72.8 Å². The van der Waals surface area contributed by atoms with E-state index in [9.17, 15) is 26.3 Å². The smallest absolute Gasteiger partial charge is 0.406 e. The molecule has 0 unspecified atom stereocenters. The van der Waals surface area contributed by atoms with E-state index in [-0.39, 0.29) is 22.0 Å². The molecule has 0 fully saturated rings. The maximum absolute atomic E-state index is 12.4. The van der Waals surface area contributed by atoms with Gasteiger partial charge in [0.1, 0.15) is 5.75 Å². The van der Waals surface area contributed by atoms with Crippen LogP contribution in [0.4, 0.5) is 26.3 Å². The molecule has 40 heavy (non-hydrogen) atoms. The predicted octanol–water partition coefficient (Wildman–Crippen LogP) is 11.5. The third-order valence-electron chi connectivity index (χ3n) is 5.68. The summed E-state index contributed by atoms with van der Waals surface area (Å²) in [4.78, 5) is 0. The first-order valence-electron chi connectivity index (χ1n) is 12.7. The van der Waals surface area contributed by atoms with Crippen molar-refractivity contribution in [3.63, 3.8) is 0 Å². The molecule has 0 saturated heterocycles. The van der Waals surface area contributed by atoms with Crippen molar-refractivity contribution >= 4 is 11.6 Å². The fraction of sp³-hybridized carbons (Fsp3) is 0.438. The molecule has 0 spiro atoms. The third kappa shape index (κ3) is 13.1. The number of rotatable bonds is 1. The molecule has 0 aliphatic heterocycles. The van der Waals surface area contributed by atoms with E-state index in [1.807, 2.05) is 59.7 Å². The van der Waals surface area contributed by atoms with Crippen molar-refractivity contribution in [2.24, 2.45) is 0 Å². The van der Waals surface area contributed by atoms with Crippen molar-refractivity contribution in [3.05, 3.63) is 100 Å². The Morgan fingerprint density at radius 3 is 1.25 bits per heavy atom. The lowest BCUT2D eigenvalue weighted by atomic mass is 9.86. The minimum absolute atomic E-state index is 0.171. The number of halogens is 7. The SMILES string of the molecule is CC(C)(C)c1cccc(C(F)(F)F)c1.CC(C)(C)c1cccc(Cl)c1.CC(C)(C)c1cccc(OC(F)(F)F)c1. The lowest BCUT2D eigenvalue weighted by Gasteiger charge is -2.20. The lowest BCUT2D eigenvalue weighted by Crippen LogP contribution is -2.18. The summed E-state index contributed by atoms with van der Waals surface area (Å²) in [6, 6.07) is 19.5. The average molecular weight is 589 g/mol. The molecule has 0 heterocycles. The number of ether oxygens (including phenoxy) is 1. The van der Waals surface area contributed by atoms with Crippen LogP contribution in [0.1, 0.15) is 84.6 Å². The topological polar surface area (TPSA) is 9.23 Å². The Balaban J connectivity index is 0.000000304. The van der Waals surface area contributed by atoms with Gasteiger partial charge in [0.05, 0.1) is 5.56 Å². The Bertz CT molecular complexity index is 1180. The van der Waals surface area contributed by atoms with Crippen LogP contribution in [0, 0.1) is 0 Å². The van der Waals surface area contributed by atoms with Crippen molar-refractivity contribution in [2.45, 2.75) is 91.1 Å². The summed E-state index contributed by atoms with van der Waals surface area (Å²) in [6.45, 7) is 18.0. The van der Waals surface area contributed by atoms with Crippen molar-refractivity contribution in [2.75, 3.05) is 0 Å². The summed E-state index contributed by atoms with van der Waals surface area (Å²) in [6.07, 6.45) is -8.88. The van der Waals surface area contributed by atoms with Gasteiger partial charge in [-0.25, -0.2) is 0 Å². The Morgan fingerprint density at radius 1 is 0.500 bits per heavy atom. The molecular formula is C32H39ClF6O. The molecule has 0 N–H and O–H groups in total. The van der Waals surface area contributed by atoms with Crippen LogP contribution >= 0.6 is 11.6 Å². The second-order valence-electron chi connectivity index (χ2n) is 12.4. The summed E-state index contributed by atoms with van der Waals surface area (Å²) in [5.41, 5.74) is 1.98. The molecule has 0 aromatic heterocycles. The number of hydrogen-bond donors (Lipinski definition) is 0. The molecule has 0 atom stereocenters. The zero-order valence-electron chi connectivity index (χ0n) is 24.5. The quantitative estimate of drug-likeness (QED) is 0.257. The van der Waals surface area contributed by atoms with E-state index in [1.165, 1.54) is 29.8 Å². The molecule has 0 bridgehead atoms. The molecule has 0 aliphatic rings. The summed E-state index contributed by atoms with van der Waals surface area (Å²) in [5, 5.41) is 0.817. The molecule has 222 valence electrons. The van der Waals surface area contributed by atoms with Crippen LogP contribution in [-0.4, -0.2) is 6.36 Å². The molecule has 3 rings (SSSR count). The van der Waals surface area contributed by atoms with Crippen LogP contribution in [0.5, 0.6) is 5.75 Å². The molecule has 0 radical (unpaired) electrons. The highest BCUT2D eigenvalue weighted by atomic mass is 35.5. The van der Waals surface area contributed by atoms with Gasteiger partial charge in [-0.1, -0.05) is 116 Å². The lowest BCUT2D eigenvalue weighted by molar-refractivity contribution is -0.274. The van der Waals surface area contributed by atoms with Gasteiger partial charge in [0.2, 0.25) is 0 Å². The Labute approximate surface area is 239 Å². The average Bonchev–Trinajstić information content (AvgIpc) is 2.77. The van der Waals surface area contributed by atoms with E-state index in [4.69, 9.17) is 11.6 Å². The highest BCUT2D eigenvalue weighted by Gasteiger charge is 2.32. The fourth-order valence-electron chi connectivity index (χ4n) is 3.28. The normalized spacial score (nSPS) is 12.5. The summed E-state index contributed by atoms with van der Waals surface area (Å²) < 4.78 is 76.7. The molecule has 3 aromatic carbocycles. The van der Waals surface area contributed by atoms with Crippen LogP contribution in [0.25, 0.3) is 0 Å². The number of alkyl halides is 6. The summed E-state index contributed by atoms with van der Waals surface area (Å²) in [5.74, 6) is -0.171. The van der Waals surface area contributed by atoms with Crippen molar-refractivity contribution in [1.82, 2.24) is 0 Å². The van der Waals surface area contributed by atoms with Crippen molar-refractivity contribution < 1.29 is 31.1 Å². The zero-order valence-corrected chi connectivity index (χ0v) is 25.2. The number of benzene rings is 3. The highest BCUT2D eigenvalue weighted by molar-refractivity contribution is 6.30. The van der Waals surface area contributed by atoms with E-state index in [2.05, 4.69) is 31.6 Å². The second kappa shape index (κ2) is 13.3. The van der Waals surface area contributed by atoms with Crippen LogP contribution < -0.4 is 4.74 Å². The highest BCUT2D eigenvalue weighted by Crippen LogP contribution is 2.32. The van der Waals surface area contributed by atoms with Gasteiger partial charge in [0.25, 0.3) is 0 Å². The van der Waals surface area contributed by atoms with Crippen LogP contribution in [-0.2, 0) is 22.4 Å². The van der Waals surface area contributed by atoms with Crippen LogP contribution in [0.2, 0.25) is 5.02 Å². The standard InChI is InChI=1S/C11H13F3O.C11H13F3.C10H13Cl/c1-10(2,3)8-5-4-6-9(7-8)15-11(12,13)14;1-10(2,3)8-5-4-6-9(7-8)11(12,13)14;1-10(2,3)8-5-4-6-9(11)7-8/h4-7H,1-3H3;4-7H,1-3H3;4-7H,1-3H3. The first kappa shape index (κ1) is 35.4. The maximum atomic E-state index is 12.4. The molecular weight excluding hydrogens is 550 g/mol. The molecule has 1 nitrogen and oxygen atoms in total. The van der Waals surface area contributed by atoms with Gasteiger partial charge in [-0.3, -0.25) is 0 Å². The van der Waals surface area contributed by atoms with E-state index in [0.717, 1.165) is 16.7 Å². The second-order valence-corrected chi connectivity index (χ2v) is 12.9. The Kier molecular flexibility index (Phi) is 11.8. The van der Waals surface area contributed by atoms with Gasteiger partial charge < -0.3 is 4.74 Å². The van der Waals surface area contributed by atoms with E-state index < -0.39 is 18.1 Å². The monoisotopic (exact) mass is 588 g/mol. The van der Waals surface area contributed by atoms with E-state index in [1.54, 1.807) is 18.2 Å². The van der Waals surface area contributed by atoms with Crippen molar-refractivity contribution in [1.29, 1.82) is 0 Å². The van der Waals surface area contributed by atoms with Crippen molar-refractivity contribution in [3.8, 4) is 5.75 Å². The molecule has 0 aliphatic carbocycles. The van der Waals surface area contributed by atoms with Gasteiger partial charge >= 0.3 is 12.5 Å². The van der Waals surface area contributed by atoms with Gasteiger partial charge in [-0.2, -0.15) is 13.2 Å². The third-order valence-corrected chi connectivity index (χ3v) is 5.92. The fourth-order valence-corrected chi connectivity index (χ4v) is 3.47. The van der Waals surface area contributed by atoms with Gasteiger partial charge in [-0.05, 0) is 63.3 Å². The number of hydrogen-bond acceptors (Lipinski definition) is 1. The summed E-state index contributed by atoms with van der Waals surface area (Å²) >= 11 is 5.85. The van der Waals surface area contributed by atoms with Gasteiger partial charge in [0.15, 0.2) is 0 Å². The van der Waals surface area contributed by atoms with E-state index in [0.29, 0.717) is 5.56 Å². The first-order chi connectivity index (χ1) is 17.9. The Hall–Kier alpha value is -2.67. The van der Waals surface area contributed by atoms with Crippen LogP contribution in [0.3, 0.4) is 0 Å². The molecule has 3 aromatic rings.